The smallest absolute Gasteiger partial charge is 0.262 e. The summed E-state index contributed by atoms with van der Waals surface area (Å²) in [6, 6.07) is 0. The van der Waals surface area contributed by atoms with Crippen LogP contribution in [0.3, 0.4) is 0 Å². The summed E-state index contributed by atoms with van der Waals surface area (Å²) in [6.07, 6.45) is 5.01. The van der Waals surface area contributed by atoms with Crippen LogP contribution >= 0.6 is 0 Å². The van der Waals surface area contributed by atoms with Gasteiger partial charge in [0.05, 0.1) is 0 Å². The van der Waals surface area contributed by atoms with Crippen LogP contribution in [0, 0.1) is 5.41 Å². The third-order valence-electron chi connectivity index (χ3n) is 2.18. The van der Waals surface area contributed by atoms with Crippen molar-refractivity contribution in [3.05, 3.63) is 17.8 Å². The quantitative estimate of drug-likeness (QED) is 0.420. The molecular formula is C8H12N6O. The Morgan fingerprint density at radius 1 is 1.40 bits per heavy atom. The molecule has 1 aromatic rings. The van der Waals surface area contributed by atoms with Gasteiger partial charge in [0, 0.05) is 13.1 Å². The molecule has 0 bridgehead atoms. The van der Waals surface area contributed by atoms with E-state index < -0.39 is 0 Å². The lowest BCUT2D eigenvalue weighted by Gasteiger charge is -2.23. The highest BCUT2D eigenvalue weighted by atomic mass is 16.5. The van der Waals surface area contributed by atoms with Gasteiger partial charge in [-0.25, -0.2) is 0 Å². The fourth-order valence-electron chi connectivity index (χ4n) is 1.39. The average Bonchev–Trinajstić information content (AvgIpc) is 2.26. The Kier molecular flexibility index (Phi) is 2.28. The lowest BCUT2D eigenvalue weighted by atomic mass is 10.3. The molecule has 0 aromatic carbocycles. The molecule has 0 fully saturated rings. The van der Waals surface area contributed by atoms with Crippen molar-refractivity contribution in [2.45, 2.75) is 6.42 Å². The zero-order chi connectivity index (χ0) is 10.8. The normalized spacial score (nSPS) is 15.6. The van der Waals surface area contributed by atoms with Crippen molar-refractivity contribution in [1.82, 2.24) is 14.7 Å². The topological polar surface area (TPSA) is 104 Å². The van der Waals surface area contributed by atoms with Gasteiger partial charge in [-0.05, 0) is 6.42 Å². The van der Waals surface area contributed by atoms with Crippen molar-refractivity contribution >= 4 is 11.9 Å². The lowest BCUT2D eigenvalue weighted by molar-refractivity contribution is 0.168. The van der Waals surface area contributed by atoms with Crippen molar-refractivity contribution in [2.75, 3.05) is 23.7 Å². The standard InChI is InChI=1S/C8H12N6O/c9-6-11-8(12-7(10)14(6)15)13-4-2-1-3-5-13/h1-2,15H,3-5H2,(H3,9,10,11,12). The summed E-state index contributed by atoms with van der Waals surface area (Å²) in [5, 5.41) is 16.5. The van der Waals surface area contributed by atoms with Gasteiger partial charge in [0.1, 0.15) is 0 Å². The Morgan fingerprint density at radius 2 is 2.20 bits per heavy atom. The van der Waals surface area contributed by atoms with E-state index in [-0.39, 0.29) is 11.6 Å². The third kappa shape index (κ3) is 1.76. The first kappa shape index (κ1) is 9.50. The van der Waals surface area contributed by atoms with E-state index in [4.69, 9.17) is 11.1 Å². The number of aromatic nitrogens is 3. The van der Waals surface area contributed by atoms with E-state index in [2.05, 4.69) is 16.0 Å². The summed E-state index contributed by atoms with van der Waals surface area (Å²) in [7, 11) is 0. The second-order valence-corrected chi connectivity index (χ2v) is 3.22. The van der Waals surface area contributed by atoms with Crippen molar-refractivity contribution in [3.63, 3.8) is 0 Å². The molecule has 0 spiro atoms. The van der Waals surface area contributed by atoms with Gasteiger partial charge in [-0.1, -0.05) is 12.2 Å². The number of hydrogen-bond donors (Lipinski definition) is 3. The van der Waals surface area contributed by atoms with Gasteiger partial charge in [0.25, 0.3) is 5.62 Å². The van der Waals surface area contributed by atoms with Crippen LogP contribution in [-0.2, 0) is 0 Å². The minimum atomic E-state index is -0.313. The molecule has 2 rings (SSSR count). The Bertz CT molecular complexity index is 451. The number of nitrogens with zero attached hydrogens (tertiary/aromatic N) is 4. The summed E-state index contributed by atoms with van der Waals surface area (Å²) < 4.78 is 0.448. The summed E-state index contributed by atoms with van der Waals surface area (Å²) in [6.45, 7) is 1.50. The molecule has 7 nitrogen and oxygen atoms in total. The van der Waals surface area contributed by atoms with Crippen LogP contribution < -0.4 is 16.3 Å². The zero-order valence-electron chi connectivity index (χ0n) is 8.09. The highest BCUT2D eigenvalue weighted by molar-refractivity contribution is 5.35. The van der Waals surface area contributed by atoms with Crippen molar-refractivity contribution in [2.24, 2.45) is 0 Å². The van der Waals surface area contributed by atoms with E-state index in [0.29, 0.717) is 17.2 Å². The molecule has 2 heterocycles. The van der Waals surface area contributed by atoms with Crippen LogP contribution in [0.1, 0.15) is 6.42 Å². The summed E-state index contributed by atoms with van der Waals surface area (Å²) >= 11 is 0. The molecule has 0 saturated heterocycles. The van der Waals surface area contributed by atoms with Crippen LogP contribution in [-0.4, -0.2) is 33.0 Å². The highest BCUT2D eigenvalue weighted by Gasteiger charge is 2.12. The predicted octanol–water partition coefficient (Wildman–Crippen LogP) is -0.657. The number of nitrogen functional groups attached to an aromatic ring is 1. The molecule has 4 N–H and O–H groups in total. The first-order chi connectivity index (χ1) is 7.18. The molecule has 1 aliphatic heterocycles. The van der Waals surface area contributed by atoms with E-state index in [1.54, 1.807) is 0 Å². The summed E-state index contributed by atoms with van der Waals surface area (Å²) in [5.41, 5.74) is 5.11. The second kappa shape index (κ2) is 3.60. The van der Waals surface area contributed by atoms with Gasteiger partial charge >= 0.3 is 0 Å². The molecule has 0 unspecified atom stereocenters. The molecule has 7 heteroatoms. The summed E-state index contributed by atoms with van der Waals surface area (Å²) in [4.78, 5) is 9.64. The number of rotatable bonds is 1. The maximum Gasteiger partial charge on any atom is 0.262 e. The molecule has 0 saturated carbocycles. The second-order valence-electron chi connectivity index (χ2n) is 3.22. The van der Waals surface area contributed by atoms with E-state index >= 15 is 0 Å². The minimum absolute atomic E-state index is 0.125. The molecule has 15 heavy (non-hydrogen) atoms. The number of nitrogens with two attached hydrogens (primary N) is 1. The molecule has 1 aromatic heterocycles. The lowest BCUT2D eigenvalue weighted by Crippen LogP contribution is -2.34. The van der Waals surface area contributed by atoms with E-state index in [1.807, 2.05) is 11.0 Å². The molecular weight excluding hydrogens is 196 g/mol. The SMILES string of the molecule is N=c1nc(N2CC=CCC2)nc(N)n1O. The van der Waals surface area contributed by atoms with Crippen molar-refractivity contribution in [3.8, 4) is 0 Å². The number of nitrogens with one attached hydrogen (secondary N) is 1. The van der Waals surface area contributed by atoms with E-state index in [9.17, 15) is 5.21 Å². The van der Waals surface area contributed by atoms with Crippen LogP contribution in [0.15, 0.2) is 12.2 Å². The molecule has 0 atom stereocenters. The number of anilines is 2. The Balaban J connectivity index is 2.37. The predicted molar refractivity (Wildman–Crippen MR) is 53.4 cm³/mol. The highest BCUT2D eigenvalue weighted by Crippen LogP contribution is 2.10. The van der Waals surface area contributed by atoms with Gasteiger partial charge in [0.15, 0.2) is 0 Å². The molecule has 0 radical (unpaired) electrons. The molecule has 1 aliphatic rings. The fraction of sp³-hybridized carbons (Fsp3) is 0.375. The van der Waals surface area contributed by atoms with Gasteiger partial charge < -0.3 is 15.8 Å². The van der Waals surface area contributed by atoms with Gasteiger partial charge in [-0.15, -0.1) is 4.73 Å². The third-order valence-corrected chi connectivity index (χ3v) is 2.18. The fourth-order valence-corrected chi connectivity index (χ4v) is 1.39. The van der Waals surface area contributed by atoms with E-state index in [0.717, 1.165) is 13.0 Å². The largest absolute Gasteiger partial charge is 0.422 e. The van der Waals surface area contributed by atoms with Crippen molar-refractivity contribution in [1.29, 1.82) is 5.41 Å². The van der Waals surface area contributed by atoms with Gasteiger partial charge in [0.2, 0.25) is 11.9 Å². The maximum absolute atomic E-state index is 9.18. The Labute approximate surface area is 86.0 Å². The Hall–Kier alpha value is -2.05. The first-order valence-electron chi connectivity index (χ1n) is 4.59. The first-order valence-corrected chi connectivity index (χ1v) is 4.59. The van der Waals surface area contributed by atoms with Crippen LogP contribution in [0.25, 0.3) is 0 Å². The molecule has 0 amide bonds. The van der Waals surface area contributed by atoms with Crippen LogP contribution in [0.2, 0.25) is 0 Å². The maximum atomic E-state index is 9.18. The zero-order valence-corrected chi connectivity index (χ0v) is 8.09. The van der Waals surface area contributed by atoms with Crippen LogP contribution in [0.5, 0.6) is 0 Å². The number of hydrogen-bond acceptors (Lipinski definition) is 6. The average molecular weight is 208 g/mol. The van der Waals surface area contributed by atoms with Gasteiger partial charge in [-0.3, -0.25) is 5.41 Å². The molecule has 0 aliphatic carbocycles. The minimum Gasteiger partial charge on any atom is -0.422 e. The van der Waals surface area contributed by atoms with Crippen molar-refractivity contribution < 1.29 is 5.21 Å². The monoisotopic (exact) mass is 208 g/mol. The van der Waals surface area contributed by atoms with Crippen LogP contribution in [0.4, 0.5) is 11.9 Å². The Morgan fingerprint density at radius 3 is 2.80 bits per heavy atom. The van der Waals surface area contributed by atoms with E-state index in [1.165, 1.54) is 0 Å². The molecule has 80 valence electrons. The van der Waals surface area contributed by atoms with Gasteiger partial charge in [-0.2, -0.15) is 9.97 Å². The summed E-state index contributed by atoms with van der Waals surface area (Å²) in [5.74, 6) is 0.256.